The van der Waals surface area contributed by atoms with Crippen molar-refractivity contribution in [1.29, 1.82) is 0 Å². The van der Waals surface area contributed by atoms with Crippen LogP contribution in [-0.4, -0.2) is 37.0 Å². The van der Waals surface area contributed by atoms with Crippen LogP contribution in [0, 0.1) is 5.82 Å². The summed E-state index contributed by atoms with van der Waals surface area (Å²) in [4.78, 5) is 36.5. The summed E-state index contributed by atoms with van der Waals surface area (Å²) >= 11 is 6.15. The number of hydrogen-bond donors (Lipinski definition) is 2. The van der Waals surface area contributed by atoms with Crippen LogP contribution in [0.5, 0.6) is 0 Å². The van der Waals surface area contributed by atoms with Gasteiger partial charge in [0.15, 0.2) is 0 Å². The number of alkyl halides is 3. The van der Waals surface area contributed by atoms with E-state index in [0.717, 1.165) is 0 Å². The molecule has 1 aliphatic rings. The zero-order valence-corrected chi connectivity index (χ0v) is 18.1. The van der Waals surface area contributed by atoms with Gasteiger partial charge < -0.3 is 15.4 Å². The van der Waals surface area contributed by atoms with E-state index in [1.54, 1.807) is 6.07 Å². The van der Waals surface area contributed by atoms with Crippen LogP contribution in [0.25, 0.3) is 0 Å². The molecule has 0 aromatic heterocycles. The summed E-state index contributed by atoms with van der Waals surface area (Å²) in [6.07, 6.45) is -3.90. The van der Waals surface area contributed by atoms with Gasteiger partial charge >= 0.3 is 12.1 Å². The molecule has 2 aromatic rings. The standard InChI is InChI=1S/C22H19ClF4N2O4/c1-33-19(31)13-3-2-12(17(23)10-13)4-7-28-20(32)21(5-6-21)29-18(30)14-8-15(22(25,26)27)11-16(24)9-14/h2-3,8-11H,4-7H2,1H3,(H,28,32)(H,29,30). The lowest BCUT2D eigenvalue weighted by Gasteiger charge is -2.18. The van der Waals surface area contributed by atoms with E-state index in [-0.39, 0.29) is 12.1 Å². The van der Waals surface area contributed by atoms with E-state index >= 15 is 0 Å². The molecular formula is C22H19ClF4N2O4. The summed E-state index contributed by atoms with van der Waals surface area (Å²) in [5.74, 6) is -3.23. The van der Waals surface area contributed by atoms with Crippen LogP contribution >= 0.6 is 11.6 Å². The first-order chi connectivity index (χ1) is 15.4. The van der Waals surface area contributed by atoms with Crippen molar-refractivity contribution in [2.75, 3.05) is 13.7 Å². The van der Waals surface area contributed by atoms with Crippen LogP contribution in [0.1, 0.15) is 44.7 Å². The van der Waals surface area contributed by atoms with Gasteiger partial charge in [0.25, 0.3) is 5.91 Å². The summed E-state index contributed by atoms with van der Waals surface area (Å²) in [6.45, 7) is 0.159. The molecule has 0 unspecified atom stereocenters. The maximum absolute atomic E-state index is 13.6. The highest BCUT2D eigenvalue weighted by atomic mass is 35.5. The average molecular weight is 487 g/mol. The fraction of sp³-hybridized carbons (Fsp3) is 0.318. The summed E-state index contributed by atoms with van der Waals surface area (Å²) < 4.78 is 56.8. The van der Waals surface area contributed by atoms with Crippen molar-refractivity contribution in [2.45, 2.75) is 31.0 Å². The second-order valence-corrected chi connectivity index (χ2v) is 7.97. The molecule has 1 aliphatic carbocycles. The Morgan fingerprint density at radius 3 is 2.36 bits per heavy atom. The number of amides is 2. The van der Waals surface area contributed by atoms with Gasteiger partial charge in [-0.05, 0) is 55.2 Å². The molecule has 0 aliphatic heterocycles. The molecule has 0 atom stereocenters. The molecule has 0 spiro atoms. The van der Waals surface area contributed by atoms with Gasteiger partial charge in [-0.15, -0.1) is 0 Å². The lowest BCUT2D eigenvalue weighted by Crippen LogP contribution is -2.49. The summed E-state index contributed by atoms with van der Waals surface area (Å²) in [5.41, 5.74) is -2.14. The molecule has 0 heterocycles. The zero-order chi connectivity index (χ0) is 24.4. The molecule has 33 heavy (non-hydrogen) atoms. The number of methoxy groups -OCH3 is 1. The van der Waals surface area contributed by atoms with Gasteiger partial charge in [-0.2, -0.15) is 13.2 Å². The monoisotopic (exact) mass is 486 g/mol. The highest BCUT2D eigenvalue weighted by Gasteiger charge is 2.51. The second-order valence-electron chi connectivity index (χ2n) is 7.57. The predicted molar refractivity (Wildman–Crippen MR) is 110 cm³/mol. The Bertz CT molecular complexity index is 1100. The third-order valence-electron chi connectivity index (χ3n) is 5.18. The number of nitrogens with one attached hydrogen (secondary N) is 2. The molecule has 2 amide bonds. The Balaban J connectivity index is 1.60. The molecule has 6 nitrogen and oxygen atoms in total. The Morgan fingerprint density at radius 1 is 1.09 bits per heavy atom. The molecule has 2 N–H and O–H groups in total. The van der Waals surface area contributed by atoms with E-state index in [2.05, 4.69) is 15.4 Å². The SMILES string of the molecule is COC(=O)c1ccc(CCNC(=O)C2(NC(=O)c3cc(F)cc(C(F)(F)F)c3)CC2)c(Cl)c1. The van der Waals surface area contributed by atoms with Gasteiger partial charge in [0.1, 0.15) is 11.4 Å². The maximum Gasteiger partial charge on any atom is 0.416 e. The molecule has 176 valence electrons. The van der Waals surface area contributed by atoms with Crippen LogP contribution in [0.15, 0.2) is 36.4 Å². The van der Waals surface area contributed by atoms with E-state index in [4.69, 9.17) is 11.6 Å². The van der Waals surface area contributed by atoms with Crippen LogP contribution in [0.3, 0.4) is 0 Å². The molecule has 11 heteroatoms. The number of esters is 1. The fourth-order valence-corrected chi connectivity index (χ4v) is 3.46. The number of carbonyl (C=O) groups is 3. The molecule has 2 aromatic carbocycles. The zero-order valence-electron chi connectivity index (χ0n) is 17.3. The largest absolute Gasteiger partial charge is 0.465 e. The summed E-state index contributed by atoms with van der Waals surface area (Å²) in [6, 6.07) is 6.11. The highest BCUT2D eigenvalue weighted by Crippen LogP contribution is 2.36. The van der Waals surface area contributed by atoms with E-state index in [1.165, 1.54) is 19.2 Å². The summed E-state index contributed by atoms with van der Waals surface area (Å²) in [7, 11) is 1.25. The Kier molecular flexibility index (Phi) is 6.97. The van der Waals surface area contributed by atoms with Gasteiger partial charge in [-0.25, -0.2) is 9.18 Å². The number of halogens is 5. The van der Waals surface area contributed by atoms with Gasteiger partial charge in [-0.1, -0.05) is 17.7 Å². The van der Waals surface area contributed by atoms with Gasteiger partial charge in [-0.3, -0.25) is 9.59 Å². The predicted octanol–water partition coefficient (Wildman–Crippen LogP) is 3.91. The van der Waals surface area contributed by atoms with Crippen molar-refractivity contribution in [1.82, 2.24) is 10.6 Å². The Morgan fingerprint density at radius 2 is 1.79 bits per heavy atom. The van der Waals surface area contributed by atoms with Crippen LogP contribution in [0.2, 0.25) is 5.02 Å². The van der Waals surface area contributed by atoms with E-state index < -0.39 is 46.4 Å². The highest BCUT2D eigenvalue weighted by molar-refractivity contribution is 6.31. The Labute approximate surface area is 191 Å². The average Bonchev–Trinajstić information content (AvgIpc) is 3.53. The lowest BCUT2D eigenvalue weighted by atomic mass is 10.1. The fourth-order valence-electron chi connectivity index (χ4n) is 3.18. The number of carbonyl (C=O) groups excluding carboxylic acids is 3. The molecular weight excluding hydrogens is 468 g/mol. The van der Waals surface area contributed by atoms with Gasteiger partial charge in [0.2, 0.25) is 5.91 Å². The van der Waals surface area contributed by atoms with E-state index in [0.29, 0.717) is 48.0 Å². The third kappa shape index (κ3) is 5.81. The minimum Gasteiger partial charge on any atom is -0.465 e. The number of hydrogen-bond acceptors (Lipinski definition) is 4. The topological polar surface area (TPSA) is 84.5 Å². The van der Waals surface area contributed by atoms with Crippen LogP contribution in [-0.2, 0) is 22.1 Å². The number of rotatable bonds is 7. The first-order valence-corrected chi connectivity index (χ1v) is 10.2. The summed E-state index contributed by atoms with van der Waals surface area (Å²) in [5, 5.41) is 5.38. The molecule has 1 fully saturated rings. The van der Waals surface area contributed by atoms with Crippen molar-refractivity contribution >= 4 is 29.4 Å². The minimum atomic E-state index is -4.82. The molecule has 1 saturated carbocycles. The van der Waals surface area contributed by atoms with Crippen molar-refractivity contribution in [3.05, 3.63) is 69.5 Å². The first kappa shape index (κ1) is 24.5. The number of ether oxygens (including phenoxy) is 1. The quantitative estimate of drug-likeness (QED) is 0.459. The van der Waals surface area contributed by atoms with Gasteiger partial charge in [0, 0.05) is 17.1 Å². The van der Waals surface area contributed by atoms with Crippen LogP contribution < -0.4 is 10.6 Å². The van der Waals surface area contributed by atoms with Crippen molar-refractivity contribution in [3.8, 4) is 0 Å². The molecule has 0 saturated heterocycles. The van der Waals surface area contributed by atoms with Crippen molar-refractivity contribution in [2.24, 2.45) is 0 Å². The third-order valence-corrected chi connectivity index (χ3v) is 5.53. The van der Waals surface area contributed by atoms with E-state index in [9.17, 15) is 31.9 Å². The minimum absolute atomic E-state index is 0.159. The molecule has 3 rings (SSSR count). The molecule has 0 radical (unpaired) electrons. The van der Waals surface area contributed by atoms with Crippen LogP contribution in [0.4, 0.5) is 17.6 Å². The smallest absolute Gasteiger partial charge is 0.416 e. The van der Waals surface area contributed by atoms with Crippen molar-refractivity contribution < 1.29 is 36.7 Å². The van der Waals surface area contributed by atoms with Gasteiger partial charge in [0.05, 0.1) is 18.2 Å². The van der Waals surface area contributed by atoms with Crippen molar-refractivity contribution in [3.63, 3.8) is 0 Å². The lowest BCUT2D eigenvalue weighted by molar-refractivity contribution is -0.137. The number of benzene rings is 2. The van der Waals surface area contributed by atoms with E-state index in [1.807, 2.05) is 0 Å². The first-order valence-electron chi connectivity index (χ1n) is 9.80. The second kappa shape index (κ2) is 9.38. The normalized spacial score (nSPS) is 14.4. The molecule has 0 bridgehead atoms. The maximum atomic E-state index is 13.6. The Hall–Kier alpha value is -3.14.